The lowest BCUT2D eigenvalue weighted by Crippen LogP contribution is -2.42. The van der Waals surface area contributed by atoms with Gasteiger partial charge in [-0.15, -0.1) is 0 Å². The number of fused-ring (bicyclic) bond motifs is 2. The molecule has 0 radical (unpaired) electrons. The molecule has 1 aliphatic carbocycles. The van der Waals surface area contributed by atoms with E-state index in [1.54, 1.807) is 0 Å². The quantitative estimate of drug-likeness (QED) is 0.752. The lowest BCUT2D eigenvalue weighted by Gasteiger charge is -2.47. The summed E-state index contributed by atoms with van der Waals surface area (Å²) in [6.07, 6.45) is 2.69. The van der Waals surface area contributed by atoms with Crippen molar-refractivity contribution in [1.82, 2.24) is 0 Å². The Labute approximate surface area is 128 Å². The summed E-state index contributed by atoms with van der Waals surface area (Å²) in [5, 5.41) is 0. The van der Waals surface area contributed by atoms with E-state index in [9.17, 15) is 0 Å². The molecule has 0 amide bonds. The third kappa shape index (κ3) is 2.50. The molecule has 2 aliphatic rings. The van der Waals surface area contributed by atoms with Gasteiger partial charge in [-0.05, 0) is 42.4 Å². The lowest BCUT2D eigenvalue weighted by molar-refractivity contribution is -0.0934. The van der Waals surface area contributed by atoms with E-state index >= 15 is 0 Å². The van der Waals surface area contributed by atoms with Crippen molar-refractivity contribution in [3.8, 4) is 0 Å². The van der Waals surface area contributed by atoms with E-state index in [0.29, 0.717) is 23.7 Å². The molecular weight excluding hydrogens is 258 g/mol. The third-order valence-corrected chi connectivity index (χ3v) is 5.50. The number of anilines is 1. The molecular formula is C19H27NO. The van der Waals surface area contributed by atoms with Crippen LogP contribution < -0.4 is 4.90 Å². The van der Waals surface area contributed by atoms with E-state index in [1.807, 2.05) is 0 Å². The van der Waals surface area contributed by atoms with Crippen molar-refractivity contribution in [2.45, 2.75) is 26.9 Å². The monoisotopic (exact) mass is 285 g/mol. The largest absolute Gasteiger partial charge is 0.378 e. The zero-order chi connectivity index (χ0) is 15.1. The molecule has 0 spiro atoms. The molecule has 1 fully saturated rings. The first kappa shape index (κ1) is 14.6. The van der Waals surface area contributed by atoms with Gasteiger partial charge in [-0.3, -0.25) is 0 Å². The van der Waals surface area contributed by atoms with Crippen LogP contribution in [0.5, 0.6) is 0 Å². The van der Waals surface area contributed by atoms with Crippen LogP contribution in [0.1, 0.15) is 32.4 Å². The molecule has 21 heavy (non-hydrogen) atoms. The van der Waals surface area contributed by atoms with Crippen molar-refractivity contribution in [1.29, 1.82) is 0 Å². The maximum atomic E-state index is 6.29. The highest BCUT2D eigenvalue weighted by molar-refractivity contribution is 5.46. The smallest absolute Gasteiger partial charge is 0.0892 e. The Balaban J connectivity index is 1.90. The van der Waals surface area contributed by atoms with Crippen LogP contribution in [0.3, 0.4) is 0 Å². The standard InChI is InChI=1S/C19H27NO/c1-12-10-13(2)18-14(3)17(12)11-21-19(18)15-6-8-16(9-7-15)20(4)5/h6-10,12,14,17-19H,11H2,1-5H3/t12-,14-,17+,18-,19-/m1/s1. The fourth-order valence-electron chi connectivity index (χ4n) is 4.21. The van der Waals surface area contributed by atoms with E-state index in [-0.39, 0.29) is 6.10 Å². The van der Waals surface area contributed by atoms with Gasteiger partial charge in [-0.25, -0.2) is 0 Å². The molecule has 1 aromatic rings. The molecule has 2 bridgehead atoms. The average molecular weight is 285 g/mol. The van der Waals surface area contributed by atoms with Crippen molar-refractivity contribution >= 4 is 5.69 Å². The number of hydrogen-bond acceptors (Lipinski definition) is 2. The second-order valence-corrected chi connectivity index (χ2v) is 7.06. The molecule has 1 aliphatic heterocycles. The highest BCUT2D eigenvalue weighted by atomic mass is 16.5. The summed E-state index contributed by atoms with van der Waals surface area (Å²) in [6, 6.07) is 8.86. The number of ether oxygens (including phenoxy) is 1. The number of nitrogens with zero attached hydrogens (tertiary/aromatic N) is 1. The second kappa shape index (κ2) is 5.49. The maximum Gasteiger partial charge on any atom is 0.0892 e. The van der Waals surface area contributed by atoms with Gasteiger partial charge in [0.15, 0.2) is 0 Å². The summed E-state index contributed by atoms with van der Waals surface area (Å²) in [4.78, 5) is 2.14. The third-order valence-electron chi connectivity index (χ3n) is 5.50. The van der Waals surface area contributed by atoms with Crippen LogP contribution in [-0.2, 0) is 4.74 Å². The molecule has 114 valence electrons. The normalized spacial score (nSPS) is 35.3. The van der Waals surface area contributed by atoms with E-state index < -0.39 is 0 Å². The number of hydrogen-bond donors (Lipinski definition) is 0. The van der Waals surface area contributed by atoms with E-state index in [2.05, 4.69) is 70.1 Å². The van der Waals surface area contributed by atoms with Gasteiger partial charge >= 0.3 is 0 Å². The summed E-state index contributed by atoms with van der Waals surface area (Å²) in [6.45, 7) is 7.91. The van der Waals surface area contributed by atoms with Crippen LogP contribution >= 0.6 is 0 Å². The minimum absolute atomic E-state index is 0.219. The van der Waals surface area contributed by atoms with Crippen LogP contribution in [0.25, 0.3) is 0 Å². The molecule has 1 saturated heterocycles. The van der Waals surface area contributed by atoms with Crippen molar-refractivity contribution in [2.75, 3.05) is 25.6 Å². The molecule has 0 aromatic heterocycles. The zero-order valence-electron chi connectivity index (χ0n) is 13.8. The van der Waals surface area contributed by atoms with Gasteiger partial charge < -0.3 is 9.64 Å². The minimum Gasteiger partial charge on any atom is -0.378 e. The first-order chi connectivity index (χ1) is 9.99. The Morgan fingerprint density at radius 3 is 2.38 bits per heavy atom. The summed E-state index contributed by atoms with van der Waals surface area (Å²) in [5.74, 6) is 2.56. The predicted octanol–water partition coefficient (Wildman–Crippen LogP) is 4.29. The van der Waals surface area contributed by atoms with Crippen molar-refractivity contribution < 1.29 is 4.74 Å². The molecule has 0 unspecified atom stereocenters. The summed E-state index contributed by atoms with van der Waals surface area (Å²) >= 11 is 0. The minimum atomic E-state index is 0.219. The maximum absolute atomic E-state index is 6.29. The molecule has 1 heterocycles. The zero-order valence-corrected chi connectivity index (χ0v) is 13.8. The van der Waals surface area contributed by atoms with Gasteiger partial charge in [0.05, 0.1) is 12.7 Å². The highest BCUT2D eigenvalue weighted by Gasteiger charge is 2.43. The van der Waals surface area contributed by atoms with Crippen LogP contribution in [-0.4, -0.2) is 20.7 Å². The first-order valence-corrected chi connectivity index (χ1v) is 8.06. The Morgan fingerprint density at radius 1 is 1.10 bits per heavy atom. The highest BCUT2D eigenvalue weighted by Crippen LogP contribution is 2.49. The Kier molecular flexibility index (Phi) is 3.83. The summed E-state index contributed by atoms with van der Waals surface area (Å²) < 4.78 is 6.29. The van der Waals surface area contributed by atoms with Crippen LogP contribution in [0.4, 0.5) is 5.69 Å². The summed E-state index contributed by atoms with van der Waals surface area (Å²) in [7, 11) is 4.16. The first-order valence-electron chi connectivity index (χ1n) is 8.06. The van der Waals surface area contributed by atoms with Crippen LogP contribution in [0.2, 0.25) is 0 Å². The van der Waals surface area contributed by atoms with E-state index in [1.165, 1.54) is 16.8 Å². The van der Waals surface area contributed by atoms with E-state index in [4.69, 9.17) is 4.74 Å². The number of rotatable bonds is 2. The Bertz CT molecular complexity index is 531. The van der Waals surface area contributed by atoms with E-state index in [0.717, 1.165) is 6.61 Å². The molecule has 0 saturated carbocycles. The average Bonchev–Trinajstić information content (AvgIpc) is 2.44. The fourth-order valence-corrected chi connectivity index (χ4v) is 4.21. The van der Waals surface area contributed by atoms with Gasteiger partial charge in [-0.1, -0.05) is 37.6 Å². The topological polar surface area (TPSA) is 12.5 Å². The van der Waals surface area contributed by atoms with Crippen molar-refractivity contribution in [2.24, 2.45) is 23.7 Å². The Hall–Kier alpha value is -1.28. The van der Waals surface area contributed by atoms with Gasteiger partial charge in [-0.2, -0.15) is 0 Å². The Morgan fingerprint density at radius 2 is 1.76 bits per heavy atom. The molecule has 2 nitrogen and oxygen atoms in total. The van der Waals surface area contributed by atoms with Gasteiger partial charge in [0.1, 0.15) is 0 Å². The van der Waals surface area contributed by atoms with Crippen molar-refractivity contribution in [3.05, 3.63) is 41.5 Å². The summed E-state index contributed by atoms with van der Waals surface area (Å²) in [5.41, 5.74) is 4.07. The van der Waals surface area contributed by atoms with Gasteiger partial charge in [0.25, 0.3) is 0 Å². The molecule has 3 rings (SSSR count). The van der Waals surface area contributed by atoms with Crippen LogP contribution in [0.15, 0.2) is 35.9 Å². The lowest BCUT2D eigenvalue weighted by atomic mass is 9.64. The number of allylic oxidation sites excluding steroid dienone is 1. The second-order valence-electron chi connectivity index (χ2n) is 7.06. The van der Waals surface area contributed by atoms with Crippen molar-refractivity contribution in [3.63, 3.8) is 0 Å². The molecule has 1 aromatic carbocycles. The fraction of sp³-hybridized carbons (Fsp3) is 0.579. The molecule has 2 heteroatoms. The van der Waals surface area contributed by atoms with Crippen LogP contribution in [0, 0.1) is 23.7 Å². The molecule has 5 atom stereocenters. The number of benzene rings is 1. The van der Waals surface area contributed by atoms with Gasteiger partial charge in [0.2, 0.25) is 0 Å². The SMILES string of the molecule is CC1=C[C@@H](C)[C@@H]2CO[C@H](c3ccc(N(C)C)cc3)[C@H]1[C@@H]2C. The molecule has 0 N–H and O–H groups in total. The van der Waals surface area contributed by atoms with Gasteiger partial charge in [0, 0.05) is 25.7 Å². The predicted molar refractivity (Wildman–Crippen MR) is 88.5 cm³/mol.